The van der Waals surface area contributed by atoms with Gasteiger partial charge in [0.1, 0.15) is 0 Å². The van der Waals surface area contributed by atoms with Crippen LogP contribution in [0.15, 0.2) is 206 Å². The maximum Gasteiger partial charge on any atom is 0.164 e. The third kappa shape index (κ3) is 6.75. The van der Waals surface area contributed by atoms with E-state index in [-0.39, 0.29) is 0 Å². The normalized spacial score (nSPS) is 14.4. The Labute approximate surface area is 336 Å². The number of fused-ring (bicyclic) bond motifs is 4. The summed E-state index contributed by atoms with van der Waals surface area (Å²) >= 11 is 1.80. The van der Waals surface area contributed by atoms with Gasteiger partial charge in [0.15, 0.2) is 17.5 Å². The molecule has 0 atom stereocenters. The van der Waals surface area contributed by atoms with Gasteiger partial charge in [0.25, 0.3) is 0 Å². The van der Waals surface area contributed by atoms with Crippen LogP contribution in [0.2, 0.25) is 0 Å². The average molecular weight is 749 g/mol. The van der Waals surface area contributed by atoms with Gasteiger partial charge in [0, 0.05) is 53.9 Å². The number of anilines is 2. The number of benzene rings is 7. The van der Waals surface area contributed by atoms with E-state index in [9.17, 15) is 0 Å². The van der Waals surface area contributed by atoms with Gasteiger partial charge in [-0.25, -0.2) is 15.0 Å². The standard InChI is InChI=1S/C52H36N4S/c1-35-31-39(21-13-20-37-17-11-12-26-47(37)56(35)44-24-9-4-10-25-44)41-27-29-48-45(33-41)46-34-43(28-30-49(46)57-48)52-54-50(38-18-7-3-8-19-38)53-51(55-52)42-23-14-22-40(32-42)36-15-5-2-6-16-36/h2-19,21-34H,1,20H2/b21-13-,39-31+. The highest BCUT2D eigenvalue weighted by molar-refractivity contribution is 7.25. The van der Waals surface area contributed by atoms with Crippen molar-refractivity contribution in [3.63, 3.8) is 0 Å². The quantitative estimate of drug-likeness (QED) is 0.170. The molecular weight excluding hydrogens is 713 g/mol. The Kier molecular flexibility index (Phi) is 8.90. The van der Waals surface area contributed by atoms with Crippen molar-refractivity contribution < 1.29 is 0 Å². The first-order chi connectivity index (χ1) is 28.1. The van der Waals surface area contributed by atoms with Crippen molar-refractivity contribution in [1.82, 2.24) is 15.0 Å². The van der Waals surface area contributed by atoms with Crippen LogP contribution in [-0.2, 0) is 6.42 Å². The summed E-state index contributed by atoms with van der Waals surface area (Å²) in [5, 5.41) is 2.37. The van der Waals surface area contributed by atoms with Gasteiger partial charge in [-0.3, -0.25) is 0 Å². The summed E-state index contributed by atoms with van der Waals surface area (Å²) in [5.41, 5.74) is 11.7. The summed E-state index contributed by atoms with van der Waals surface area (Å²) in [6.45, 7) is 4.61. The Morgan fingerprint density at radius 1 is 0.474 bits per heavy atom. The van der Waals surface area contributed by atoms with Crippen molar-refractivity contribution >= 4 is 48.5 Å². The Balaban J connectivity index is 1.07. The van der Waals surface area contributed by atoms with Crippen molar-refractivity contribution in [3.8, 4) is 45.3 Å². The van der Waals surface area contributed by atoms with E-state index in [0.29, 0.717) is 17.5 Å². The van der Waals surface area contributed by atoms with E-state index in [2.05, 4.69) is 169 Å². The second-order valence-corrected chi connectivity index (χ2v) is 15.2. The van der Waals surface area contributed by atoms with Gasteiger partial charge in [0.05, 0.1) is 0 Å². The molecule has 0 bridgehead atoms. The Morgan fingerprint density at radius 3 is 1.74 bits per heavy atom. The molecule has 0 radical (unpaired) electrons. The van der Waals surface area contributed by atoms with Crippen LogP contribution in [-0.4, -0.2) is 15.0 Å². The first kappa shape index (κ1) is 34.3. The van der Waals surface area contributed by atoms with Crippen molar-refractivity contribution in [2.75, 3.05) is 4.90 Å². The lowest BCUT2D eigenvalue weighted by Crippen LogP contribution is -2.16. The smallest absolute Gasteiger partial charge is 0.164 e. The van der Waals surface area contributed by atoms with Gasteiger partial charge in [-0.15, -0.1) is 11.3 Å². The van der Waals surface area contributed by atoms with Crippen LogP contribution < -0.4 is 4.90 Å². The molecular formula is C52H36N4S. The zero-order valence-electron chi connectivity index (χ0n) is 31.1. The third-order valence-corrected chi connectivity index (χ3v) is 11.6. The molecule has 0 N–H and O–H groups in total. The second-order valence-electron chi connectivity index (χ2n) is 14.1. The van der Waals surface area contributed by atoms with Gasteiger partial charge in [-0.05, 0) is 94.9 Å². The van der Waals surface area contributed by atoms with Crippen LogP contribution >= 0.6 is 11.3 Å². The summed E-state index contributed by atoms with van der Waals surface area (Å²) in [4.78, 5) is 17.5. The predicted octanol–water partition coefficient (Wildman–Crippen LogP) is 13.8. The topological polar surface area (TPSA) is 41.9 Å². The number of aromatic nitrogens is 3. The maximum atomic E-state index is 5.13. The monoisotopic (exact) mass is 748 g/mol. The summed E-state index contributed by atoms with van der Waals surface area (Å²) in [5.74, 6) is 1.92. The Hall–Kier alpha value is -7.21. The zero-order valence-corrected chi connectivity index (χ0v) is 31.9. The Morgan fingerprint density at radius 2 is 1.02 bits per heavy atom. The summed E-state index contributed by atoms with van der Waals surface area (Å²) in [7, 11) is 0. The molecule has 0 amide bonds. The molecule has 0 unspecified atom stereocenters. The van der Waals surface area contributed by atoms with Crippen molar-refractivity contribution in [3.05, 3.63) is 218 Å². The van der Waals surface area contributed by atoms with Crippen LogP contribution in [0.4, 0.5) is 11.4 Å². The van der Waals surface area contributed by atoms with Crippen molar-refractivity contribution in [2.24, 2.45) is 0 Å². The SMILES string of the molecule is C=C1/C=C(c2ccc3sc4ccc(-c5nc(-c6ccccc6)nc(-c6cccc(-c7ccccc7)c6)n5)cc4c3c2)\C=C/Cc2ccccc2N1c1ccccc1. The van der Waals surface area contributed by atoms with Crippen LogP contribution in [0.5, 0.6) is 0 Å². The van der Waals surface area contributed by atoms with Gasteiger partial charge in [0.2, 0.25) is 0 Å². The number of thiophene rings is 1. The van der Waals surface area contributed by atoms with E-state index in [1.54, 1.807) is 11.3 Å². The molecule has 0 spiro atoms. The highest BCUT2D eigenvalue weighted by Gasteiger charge is 2.19. The number of hydrogen-bond acceptors (Lipinski definition) is 5. The molecule has 3 heterocycles. The third-order valence-electron chi connectivity index (χ3n) is 10.4. The molecule has 0 saturated heterocycles. The molecule has 57 heavy (non-hydrogen) atoms. The molecule has 270 valence electrons. The largest absolute Gasteiger partial charge is 0.311 e. The average Bonchev–Trinajstić information content (AvgIpc) is 3.67. The lowest BCUT2D eigenvalue weighted by molar-refractivity contribution is 1.07. The first-order valence-corrected chi connectivity index (χ1v) is 19.9. The summed E-state index contributed by atoms with van der Waals surface area (Å²) in [6.07, 6.45) is 7.52. The molecule has 1 aliphatic heterocycles. The van der Waals surface area contributed by atoms with Gasteiger partial charge in [-0.1, -0.05) is 140 Å². The predicted molar refractivity (Wildman–Crippen MR) is 239 cm³/mol. The highest BCUT2D eigenvalue weighted by Crippen LogP contribution is 2.40. The molecule has 1 aliphatic rings. The van der Waals surface area contributed by atoms with Crippen molar-refractivity contribution in [1.29, 1.82) is 0 Å². The van der Waals surface area contributed by atoms with Crippen molar-refractivity contribution in [2.45, 2.75) is 6.42 Å². The zero-order chi connectivity index (χ0) is 38.1. The van der Waals surface area contributed by atoms with Crippen LogP contribution in [0.1, 0.15) is 11.1 Å². The fraction of sp³-hybridized carbons (Fsp3) is 0.0192. The van der Waals surface area contributed by atoms with E-state index < -0.39 is 0 Å². The van der Waals surface area contributed by atoms with E-state index in [1.165, 1.54) is 25.7 Å². The molecule has 10 rings (SSSR count). The molecule has 5 heteroatoms. The molecule has 2 aromatic heterocycles. The minimum absolute atomic E-state index is 0.639. The van der Waals surface area contributed by atoms with Gasteiger partial charge >= 0.3 is 0 Å². The summed E-state index contributed by atoms with van der Waals surface area (Å²) < 4.78 is 2.45. The van der Waals surface area contributed by atoms with Gasteiger partial charge < -0.3 is 4.90 Å². The minimum atomic E-state index is 0.639. The van der Waals surface area contributed by atoms with E-state index >= 15 is 0 Å². The number of rotatable bonds is 6. The second kappa shape index (κ2) is 14.8. The molecule has 0 saturated carbocycles. The van der Waals surface area contributed by atoms with Crippen LogP contribution in [0, 0.1) is 0 Å². The fourth-order valence-electron chi connectivity index (χ4n) is 7.64. The lowest BCUT2D eigenvalue weighted by atomic mass is 10.0. The number of nitrogens with zero attached hydrogens (tertiary/aromatic N) is 4. The van der Waals surface area contributed by atoms with Gasteiger partial charge in [-0.2, -0.15) is 0 Å². The van der Waals surface area contributed by atoms with Crippen LogP contribution in [0.25, 0.3) is 71.0 Å². The van der Waals surface area contributed by atoms with E-state index in [1.807, 2.05) is 36.4 Å². The molecule has 9 aromatic rings. The molecule has 4 nitrogen and oxygen atoms in total. The number of hydrogen-bond donors (Lipinski definition) is 0. The summed E-state index contributed by atoms with van der Waals surface area (Å²) in [6, 6.07) is 61.4. The molecule has 0 aliphatic carbocycles. The molecule has 7 aromatic carbocycles. The lowest BCUT2D eigenvalue weighted by Gasteiger charge is -2.27. The Bertz CT molecular complexity index is 3000. The van der Waals surface area contributed by atoms with Crippen LogP contribution in [0.3, 0.4) is 0 Å². The number of para-hydroxylation sites is 2. The first-order valence-electron chi connectivity index (χ1n) is 19.1. The number of allylic oxidation sites excluding steroid dienone is 4. The fourth-order valence-corrected chi connectivity index (χ4v) is 8.70. The maximum absolute atomic E-state index is 5.13. The minimum Gasteiger partial charge on any atom is -0.311 e. The molecule has 0 fully saturated rings. The van der Waals surface area contributed by atoms with E-state index in [4.69, 9.17) is 15.0 Å². The highest BCUT2D eigenvalue weighted by atomic mass is 32.1. The van der Waals surface area contributed by atoms with E-state index in [0.717, 1.165) is 62.4 Å².